The first-order valence-electron chi connectivity index (χ1n) is 7.00. The molecule has 0 saturated heterocycles. The number of aryl methyl sites for hydroxylation is 1. The van der Waals surface area contributed by atoms with Crippen LogP contribution in [0.25, 0.3) is 0 Å². The van der Waals surface area contributed by atoms with Gasteiger partial charge < -0.3 is 15.2 Å². The first kappa shape index (κ1) is 17.0. The largest absolute Gasteiger partial charge is 0.493 e. The molecule has 1 amide bonds. The van der Waals surface area contributed by atoms with Crippen LogP contribution in [-0.2, 0) is 0 Å². The summed E-state index contributed by atoms with van der Waals surface area (Å²) in [7, 11) is 0. The van der Waals surface area contributed by atoms with E-state index >= 15 is 0 Å². The third kappa shape index (κ3) is 4.10. The number of nitrogens with one attached hydrogen (secondary N) is 1. The number of ether oxygens (including phenoxy) is 1. The molecule has 0 unspecified atom stereocenters. The third-order valence-corrected chi connectivity index (χ3v) is 3.63. The van der Waals surface area contributed by atoms with Gasteiger partial charge in [-0.3, -0.25) is 4.79 Å². The number of carbonyl (C=O) groups excluding carboxylic acids is 1. The van der Waals surface area contributed by atoms with Crippen LogP contribution in [0.2, 0.25) is 0 Å². The Bertz CT molecular complexity index is 758. The van der Waals surface area contributed by atoms with Crippen molar-refractivity contribution in [3.63, 3.8) is 0 Å². The Hall–Kier alpha value is -2.34. The molecule has 0 aliphatic heterocycles. The van der Waals surface area contributed by atoms with E-state index in [2.05, 4.69) is 21.2 Å². The van der Waals surface area contributed by atoms with Gasteiger partial charge in [0.2, 0.25) is 0 Å². The number of carboxylic acid groups (broad SMARTS) is 1. The molecule has 2 aromatic carbocycles. The number of rotatable bonds is 5. The van der Waals surface area contributed by atoms with E-state index in [0.29, 0.717) is 17.9 Å². The zero-order valence-corrected chi connectivity index (χ0v) is 14.3. The van der Waals surface area contributed by atoms with Crippen molar-refractivity contribution in [1.82, 2.24) is 0 Å². The topological polar surface area (TPSA) is 75.6 Å². The van der Waals surface area contributed by atoms with Crippen LogP contribution < -0.4 is 10.1 Å². The summed E-state index contributed by atoms with van der Waals surface area (Å²) in [5.41, 5.74) is 1.43. The molecule has 0 aliphatic carbocycles. The van der Waals surface area contributed by atoms with Crippen LogP contribution in [-0.4, -0.2) is 23.6 Å². The fourth-order valence-electron chi connectivity index (χ4n) is 2.09. The lowest BCUT2D eigenvalue weighted by Gasteiger charge is -2.13. The van der Waals surface area contributed by atoms with Crippen molar-refractivity contribution in [2.75, 3.05) is 11.9 Å². The van der Waals surface area contributed by atoms with E-state index in [4.69, 9.17) is 4.74 Å². The van der Waals surface area contributed by atoms with Crippen LogP contribution in [0.15, 0.2) is 40.9 Å². The van der Waals surface area contributed by atoms with Gasteiger partial charge >= 0.3 is 5.97 Å². The van der Waals surface area contributed by atoms with Crippen molar-refractivity contribution in [3.8, 4) is 5.75 Å². The second-order valence-corrected chi connectivity index (χ2v) is 5.80. The highest BCUT2D eigenvalue weighted by atomic mass is 79.9. The van der Waals surface area contributed by atoms with Crippen LogP contribution in [0.1, 0.15) is 33.2 Å². The SMILES string of the molecule is CCOc1ccc(Br)cc1C(=O)Nc1ccc(C)cc1C(=O)O. The molecular weight excluding hydrogens is 362 g/mol. The zero-order chi connectivity index (χ0) is 17.0. The maximum Gasteiger partial charge on any atom is 0.337 e. The maximum absolute atomic E-state index is 12.5. The monoisotopic (exact) mass is 377 g/mol. The second kappa shape index (κ2) is 7.28. The van der Waals surface area contributed by atoms with E-state index < -0.39 is 11.9 Å². The summed E-state index contributed by atoms with van der Waals surface area (Å²) < 4.78 is 6.18. The van der Waals surface area contributed by atoms with E-state index in [1.807, 2.05) is 6.92 Å². The van der Waals surface area contributed by atoms with E-state index in [-0.39, 0.29) is 11.3 Å². The summed E-state index contributed by atoms with van der Waals surface area (Å²) in [6.07, 6.45) is 0. The maximum atomic E-state index is 12.5. The van der Waals surface area contributed by atoms with Gasteiger partial charge in [0.05, 0.1) is 23.4 Å². The Morgan fingerprint density at radius 2 is 1.91 bits per heavy atom. The molecule has 0 saturated carbocycles. The number of amides is 1. The van der Waals surface area contributed by atoms with Gasteiger partial charge in [-0.25, -0.2) is 4.79 Å². The van der Waals surface area contributed by atoms with E-state index in [1.54, 1.807) is 37.3 Å². The van der Waals surface area contributed by atoms with E-state index in [1.165, 1.54) is 6.07 Å². The van der Waals surface area contributed by atoms with Gasteiger partial charge in [0.15, 0.2) is 0 Å². The van der Waals surface area contributed by atoms with Gasteiger partial charge in [-0.05, 0) is 44.2 Å². The highest BCUT2D eigenvalue weighted by Crippen LogP contribution is 2.25. The van der Waals surface area contributed by atoms with Crippen molar-refractivity contribution in [1.29, 1.82) is 0 Å². The van der Waals surface area contributed by atoms with Crippen LogP contribution in [0.3, 0.4) is 0 Å². The normalized spacial score (nSPS) is 10.2. The summed E-state index contributed by atoms with van der Waals surface area (Å²) >= 11 is 3.32. The quantitative estimate of drug-likeness (QED) is 0.821. The van der Waals surface area contributed by atoms with Gasteiger partial charge in [-0.15, -0.1) is 0 Å². The van der Waals surface area contributed by atoms with Gasteiger partial charge in [-0.1, -0.05) is 27.6 Å². The minimum absolute atomic E-state index is 0.0475. The van der Waals surface area contributed by atoms with E-state index in [0.717, 1.165) is 10.0 Å². The van der Waals surface area contributed by atoms with E-state index in [9.17, 15) is 14.7 Å². The summed E-state index contributed by atoms with van der Waals surface area (Å²) in [5.74, 6) is -1.08. The number of benzene rings is 2. The number of hydrogen-bond donors (Lipinski definition) is 2. The van der Waals surface area contributed by atoms with Crippen LogP contribution >= 0.6 is 15.9 Å². The first-order valence-corrected chi connectivity index (χ1v) is 7.79. The number of anilines is 1. The average molecular weight is 378 g/mol. The van der Waals surface area contributed by atoms with Gasteiger partial charge in [-0.2, -0.15) is 0 Å². The van der Waals surface area contributed by atoms with Crippen molar-refractivity contribution in [2.45, 2.75) is 13.8 Å². The number of carbonyl (C=O) groups is 2. The van der Waals surface area contributed by atoms with Crippen LogP contribution in [0.4, 0.5) is 5.69 Å². The molecule has 120 valence electrons. The lowest BCUT2D eigenvalue weighted by atomic mass is 10.1. The average Bonchev–Trinajstić information content (AvgIpc) is 2.50. The Kier molecular flexibility index (Phi) is 5.39. The Balaban J connectivity index is 2.37. The minimum Gasteiger partial charge on any atom is -0.493 e. The molecule has 0 atom stereocenters. The van der Waals surface area contributed by atoms with Gasteiger partial charge in [0.1, 0.15) is 5.75 Å². The number of hydrogen-bond acceptors (Lipinski definition) is 3. The lowest BCUT2D eigenvalue weighted by Crippen LogP contribution is -2.16. The summed E-state index contributed by atoms with van der Waals surface area (Å²) in [6, 6.07) is 9.94. The predicted molar refractivity (Wildman–Crippen MR) is 91.4 cm³/mol. The van der Waals surface area contributed by atoms with Crippen molar-refractivity contribution >= 4 is 33.5 Å². The molecule has 0 radical (unpaired) electrons. The molecule has 5 nitrogen and oxygen atoms in total. The van der Waals surface area contributed by atoms with Gasteiger partial charge in [0.25, 0.3) is 5.91 Å². The molecule has 2 N–H and O–H groups in total. The summed E-state index contributed by atoms with van der Waals surface area (Å²) in [6.45, 7) is 4.04. The van der Waals surface area contributed by atoms with Gasteiger partial charge in [0, 0.05) is 4.47 Å². The Morgan fingerprint density at radius 3 is 2.57 bits per heavy atom. The van der Waals surface area contributed by atoms with Crippen molar-refractivity contribution in [3.05, 3.63) is 57.6 Å². The molecule has 2 aromatic rings. The summed E-state index contributed by atoms with van der Waals surface area (Å²) in [4.78, 5) is 23.8. The highest BCUT2D eigenvalue weighted by Gasteiger charge is 2.17. The first-order chi connectivity index (χ1) is 10.9. The number of carboxylic acids is 1. The third-order valence-electron chi connectivity index (χ3n) is 3.14. The molecule has 0 aromatic heterocycles. The molecule has 0 fully saturated rings. The van der Waals surface area contributed by atoms with Crippen LogP contribution in [0.5, 0.6) is 5.75 Å². The van der Waals surface area contributed by atoms with Crippen LogP contribution in [0, 0.1) is 6.92 Å². The van der Waals surface area contributed by atoms with Crippen molar-refractivity contribution in [2.24, 2.45) is 0 Å². The summed E-state index contributed by atoms with van der Waals surface area (Å²) in [5, 5.41) is 11.9. The fraction of sp³-hybridized carbons (Fsp3) is 0.176. The Morgan fingerprint density at radius 1 is 1.17 bits per heavy atom. The molecule has 6 heteroatoms. The molecular formula is C17H16BrNO4. The molecule has 2 rings (SSSR count). The molecule has 0 spiro atoms. The molecule has 0 aliphatic rings. The number of aromatic carboxylic acids is 1. The highest BCUT2D eigenvalue weighted by molar-refractivity contribution is 9.10. The Labute approximate surface area is 142 Å². The standard InChI is InChI=1S/C17H16BrNO4/c1-3-23-15-7-5-11(18)9-13(15)16(20)19-14-6-4-10(2)8-12(14)17(21)22/h4-9H,3H2,1-2H3,(H,19,20)(H,21,22). The molecule has 23 heavy (non-hydrogen) atoms. The molecule has 0 heterocycles. The number of halogens is 1. The zero-order valence-electron chi connectivity index (χ0n) is 12.7. The lowest BCUT2D eigenvalue weighted by molar-refractivity contribution is 0.0698. The minimum atomic E-state index is -1.09. The molecule has 0 bridgehead atoms. The smallest absolute Gasteiger partial charge is 0.337 e. The predicted octanol–water partition coefficient (Wildman–Crippen LogP) is 4.11. The fourth-order valence-corrected chi connectivity index (χ4v) is 2.46. The van der Waals surface area contributed by atoms with Crippen molar-refractivity contribution < 1.29 is 19.4 Å². The second-order valence-electron chi connectivity index (χ2n) is 4.88.